The Bertz CT molecular complexity index is 463. The molecule has 1 aromatic rings. The molecule has 0 radical (unpaired) electrons. The number of thioether (sulfide) groups is 1. The molecule has 4 nitrogen and oxygen atoms in total. The van der Waals surface area contributed by atoms with Gasteiger partial charge < -0.3 is 5.73 Å². The second-order valence-corrected chi connectivity index (χ2v) is 4.71. The van der Waals surface area contributed by atoms with E-state index in [1.807, 2.05) is 0 Å². The van der Waals surface area contributed by atoms with Gasteiger partial charge >= 0.3 is 0 Å². The van der Waals surface area contributed by atoms with Crippen LogP contribution in [0.3, 0.4) is 0 Å². The minimum atomic E-state index is -0.566. The highest BCUT2D eigenvalue weighted by Gasteiger charge is 2.27. The van der Waals surface area contributed by atoms with Gasteiger partial charge in [-0.05, 0) is 6.07 Å². The Labute approximate surface area is 102 Å². The van der Waals surface area contributed by atoms with Crippen LogP contribution in [0.25, 0.3) is 0 Å². The van der Waals surface area contributed by atoms with Crippen LogP contribution in [0.15, 0.2) is 18.2 Å². The lowest BCUT2D eigenvalue weighted by molar-refractivity contribution is -0.128. The summed E-state index contributed by atoms with van der Waals surface area (Å²) in [6, 6.07) is 4.55. The largest absolute Gasteiger partial charge is 0.396 e. The second kappa shape index (κ2) is 4.75. The summed E-state index contributed by atoms with van der Waals surface area (Å²) in [5, 5.41) is -0.330. The third-order valence-electron chi connectivity index (χ3n) is 2.50. The lowest BCUT2D eigenvalue weighted by Gasteiger charge is -2.24. The van der Waals surface area contributed by atoms with Crippen LogP contribution in [0.4, 0.5) is 14.9 Å². The molecule has 0 aromatic heterocycles. The number of nitrogen functional groups attached to an aromatic ring is 1. The van der Waals surface area contributed by atoms with E-state index in [0.29, 0.717) is 12.2 Å². The molecular weight excluding hydrogens is 243 g/mol. The summed E-state index contributed by atoms with van der Waals surface area (Å²) in [5.74, 6) is -0.340. The van der Waals surface area contributed by atoms with Crippen LogP contribution in [0.2, 0.25) is 0 Å². The minimum Gasteiger partial charge on any atom is -0.396 e. The van der Waals surface area contributed by atoms with E-state index in [0.717, 1.165) is 16.7 Å². The van der Waals surface area contributed by atoms with E-state index < -0.39 is 5.82 Å². The summed E-state index contributed by atoms with van der Waals surface area (Å²) < 4.78 is 13.6. The number of hydrogen-bond acceptors (Lipinski definition) is 4. The molecule has 1 fully saturated rings. The number of carbonyl (C=O) groups is 2. The summed E-state index contributed by atoms with van der Waals surface area (Å²) in [4.78, 5) is 24.1. The van der Waals surface area contributed by atoms with Crippen molar-refractivity contribution in [3.63, 3.8) is 0 Å². The first kappa shape index (κ1) is 11.9. The van der Waals surface area contributed by atoms with Gasteiger partial charge in [-0.1, -0.05) is 23.9 Å². The SMILES string of the molecule is Nc1cccc(CN2C(=O)CCSC2=O)c1F. The molecule has 2 amide bonds. The van der Waals surface area contributed by atoms with Gasteiger partial charge in [-0.25, -0.2) is 4.39 Å². The maximum absolute atomic E-state index is 13.6. The molecule has 2 N–H and O–H groups in total. The van der Waals surface area contributed by atoms with E-state index >= 15 is 0 Å². The van der Waals surface area contributed by atoms with Crippen LogP contribution in [0.1, 0.15) is 12.0 Å². The number of amides is 2. The topological polar surface area (TPSA) is 63.4 Å². The van der Waals surface area contributed by atoms with Crippen molar-refractivity contribution in [2.45, 2.75) is 13.0 Å². The highest BCUT2D eigenvalue weighted by molar-refractivity contribution is 8.13. The molecule has 1 heterocycles. The van der Waals surface area contributed by atoms with Crippen LogP contribution in [-0.4, -0.2) is 21.8 Å². The third kappa shape index (κ3) is 2.41. The number of anilines is 1. The number of nitrogens with zero attached hydrogens (tertiary/aromatic N) is 1. The molecule has 1 aliphatic heterocycles. The van der Waals surface area contributed by atoms with Crippen LogP contribution < -0.4 is 5.73 Å². The predicted molar refractivity (Wildman–Crippen MR) is 63.8 cm³/mol. The molecule has 17 heavy (non-hydrogen) atoms. The van der Waals surface area contributed by atoms with Gasteiger partial charge in [0.1, 0.15) is 0 Å². The fourth-order valence-electron chi connectivity index (χ4n) is 1.59. The zero-order chi connectivity index (χ0) is 12.4. The molecule has 1 aliphatic rings. The maximum atomic E-state index is 13.6. The summed E-state index contributed by atoms with van der Waals surface area (Å²) >= 11 is 1.07. The standard InChI is InChI=1S/C11H11FN2O2S/c12-10-7(2-1-3-8(10)13)6-14-9(15)4-5-17-11(14)16/h1-3H,4-6,13H2. The maximum Gasteiger partial charge on any atom is 0.288 e. The Morgan fingerprint density at radius 2 is 2.18 bits per heavy atom. The van der Waals surface area contributed by atoms with E-state index in [1.165, 1.54) is 12.1 Å². The highest BCUT2D eigenvalue weighted by atomic mass is 32.2. The van der Waals surface area contributed by atoms with Crippen molar-refractivity contribution in [1.82, 2.24) is 4.90 Å². The zero-order valence-electron chi connectivity index (χ0n) is 8.98. The number of imide groups is 1. The molecule has 0 bridgehead atoms. The Hall–Kier alpha value is -1.56. The van der Waals surface area contributed by atoms with Gasteiger partial charge in [-0.2, -0.15) is 0 Å². The Morgan fingerprint density at radius 1 is 1.41 bits per heavy atom. The molecular formula is C11H11FN2O2S. The smallest absolute Gasteiger partial charge is 0.288 e. The monoisotopic (exact) mass is 254 g/mol. The average Bonchev–Trinajstić information content (AvgIpc) is 2.29. The van der Waals surface area contributed by atoms with Gasteiger partial charge in [0.25, 0.3) is 5.24 Å². The van der Waals surface area contributed by atoms with Gasteiger partial charge in [-0.15, -0.1) is 0 Å². The first-order valence-corrected chi connectivity index (χ1v) is 6.08. The van der Waals surface area contributed by atoms with Gasteiger partial charge in [-0.3, -0.25) is 14.5 Å². The highest BCUT2D eigenvalue weighted by Crippen LogP contribution is 2.23. The van der Waals surface area contributed by atoms with E-state index in [9.17, 15) is 14.0 Å². The lowest BCUT2D eigenvalue weighted by atomic mass is 10.1. The predicted octanol–water partition coefficient (Wildman–Crippen LogP) is 1.99. The number of nitrogens with two attached hydrogens (primary N) is 1. The molecule has 90 valence electrons. The molecule has 1 saturated heterocycles. The molecule has 0 aliphatic carbocycles. The van der Waals surface area contributed by atoms with Crippen molar-refractivity contribution in [2.75, 3.05) is 11.5 Å². The van der Waals surface area contributed by atoms with Crippen molar-refractivity contribution >= 4 is 28.6 Å². The Morgan fingerprint density at radius 3 is 2.88 bits per heavy atom. The minimum absolute atomic E-state index is 0.0204. The number of hydrogen-bond donors (Lipinski definition) is 1. The quantitative estimate of drug-likeness (QED) is 0.820. The molecule has 0 unspecified atom stereocenters. The van der Waals surface area contributed by atoms with Crippen molar-refractivity contribution in [3.8, 4) is 0 Å². The van der Waals surface area contributed by atoms with E-state index in [-0.39, 0.29) is 28.9 Å². The van der Waals surface area contributed by atoms with E-state index in [2.05, 4.69) is 0 Å². The number of carbonyl (C=O) groups excluding carboxylic acids is 2. The summed E-state index contributed by atoms with van der Waals surface area (Å²) in [5.41, 5.74) is 5.71. The van der Waals surface area contributed by atoms with Crippen LogP contribution >= 0.6 is 11.8 Å². The van der Waals surface area contributed by atoms with Gasteiger partial charge in [0.05, 0.1) is 12.2 Å². The average molecular weight is 254 g/mol. The van der Waals surface area contributed by atoms with Crippen molar-refractivity contribution < 1.29 is 14.0 Å². The van der Waals surface area contributed by atoms with Crippen molar-refractivity contribution in [3.05, 3.63) is 29.6 Å². The van der Waals surface area contributed by atoms with Crippen LogP contribution in [0.5, 0.6) is 0 Å². The number of rotatable bonds is 2. The van der Waals surface area contributed by atoms with Gasteiger partial charge in [0.15, 0.2) is 5.82 Å². The molecule has 6 heteroatoms. The van der Waals surface area contributed by atoms with Crippen molar-refractivity contribution in [1.29, 1.82) is 0 Å². The Kier molecular flexibility index (Phi) is 3.33. The molecule has 0 atom stereocenters. The summed E-state index contributed by atoms with van der Waals surface area (Å²) in [6.45, 7) is -0.0540. The second-order valence-electron chi connectivity index (χ2n) is 3.66. The third-order valence-corrected chi connectivity index (χ3v) is 3.38. The first-order valence-electron chi connectivity index (χ1n) is 5.09. The normalized spacial score (nSPS) is 16.4. The van der Waals surface area contributed by atoms with E-state index in [1.54, 1.807) is 6.07 Å². The summed E-state index contributed by atoms with van der Waals surface area (Å²) in [7, 11) is 0. The number of benzene rings is 1. The van der Waals surface area contributed by atoms with Crippen LogP contribution in [-0.2, 0) is 11.3 Å². The molecule has 0 saturated carbocycles. The van der Waals surface area contributed by atoms with Crippen molar-refractivity contribution in [2.24, 2.45) is 0 Å². The fourth-order valence-corrected chi connectivity index (χ4v) is 2.36. The number of halogens is 1. The van der Waals surface area contributed by atoms with Crippen LogP contribution in [0, 0.1) is 5.82 Å². The fraction of sp³-hybridized carbons (Fsp3) is 0.273. The molecule has 1 aromatic carbocycles. The van der Waals surface area contributed by atoms with Gasteiger partial charge in [0, 0.05) is 17.7 Å². The lowest BCUT2D eigenvalue weighted by Crippen LogP contribution is -2.37. The van der Waals surface area contributed by atoms with Gasteiger partial charge in [0.2, 0.25) is 5.91 Å². The zero-order valence-corrected chi connectivity index (χ0v) is 9.80. The first-order chi connectivity index (χ1) is 8.09. The molecule has 2 rings (SSSR count). The van der Waals surface area contributed by atoms with E-state index in [4.69, 9.17) is 5.73 Å². The molecule has 0 spiro atoms. The Balaban J connectivity index is 2.22. The summed E-state index contributed by atoms with van der Waals surface area (Å²) in [6.07, 6.45) is 0.306.